The highest BCUT2D eigenvalue weighted by Gasteiger charge is 2.26. The largest absolute Gasteiger partial charge is 0.330 e. The summed E-state index contributed by atoms with van der Waals surface area (Å²) in [6.45, 7) is 11.5. The zero-order valence-electron chi connectivity index (χ0n) is 10.8. The lowest BCUT2D eigenvalue weighted by molar-refractivity contribution is 0.119. The number of hydrogen-bond acceptors (Lipinski definition) is 2. The average molecular weight is 212 g/mol. The maximum atomic E-state index is 5.86. The zero-order chi connectivity index (χ0) is 11.3. The molecule has 0 amide bonds. The molecule has 0 saturated carbocycles. The molecule has 1 fully saturated rings. The number of hydrogen-bond donors (Lipinski definition) is 1. The van der Waals surface area contributed by atoms with Gasteiger partial charge in [0.25, 0.3) is 0 Å². The Morgan fingerprint density at radius 2 is 1.87 bits per heavy atom. The van der Waals surface area contributed by atoms with Gasteiger partial charge in [0, 0.05) is 6.54 Å². The van der Waals surface area contributed by atoms with Crippen LogP contribution in [0.2, 0.25) is 0 Å². The molecule has 0 aromatic heterocycles. The molecule has 1 unspecified atom stereocenters. The van der Waals surface area contributed by atoms with Crippen LogP contribution in [0.5, 0.6) is 0 Å². The lowest BCUT2D eigenvalue weighted by atomic mass is 9.85. The van der Waals surface area contributed by atoms with Crippen molar-refractivity contribution in [3.8, 4) is 0 Å². The Morgan fingerprint density at radius 3 is 2.27 bits per heavy atom. The van der Waals surface area contributed by atoms with Crippen LogP contribution in [0.25, 0.3) is 0 Å². The minimum atomic E-state index is 0.332. The van der Waals surface area contributed by atoms with Crippen molar-refractivity contribution in [3.05, 3.63) is 0 Å². The Balaban J connectivity index is 2.34. The SMILES string of the molecule is CCC1CCN(CC(C)(CC)CN)CC1. The van der Waals surface area contributed by atoms with Gasteiger partial charge < -0.3 is 10.6 Å². The van der Waals surface area contributed by atoms with E-state index in [4.69, 9.17) is 5.73 Å². The summed E-state index contributed by atoms with van der Waals surface area (Å²) in [7, 11) is 0. The molecule has 90 valence electrons. The van der Waals surface area contributed by atoms with Gasteiger partial charge in [0.2, 0.25) is 0 Å². The van der Waals surface area contributed by atoms with Crippen LogP contribution in [0.4, 0.5) is 0 Å². The van der Waals surface area contributed by atoms with E-state index in [1.165, 1.54) is 45.3 Å². The summed E-state index contributed by atoms with van der Waals surface area (Å²) < 4.78 is 0. The monoisotopic (exact) mass is 212 g/mol. The van der Waals surface area contributed by atoms with Crippen molar-refractivity contribution in [3.63, 3.8) is 0 Å². The van der Waals surface area contributed by atoms with E-state index in [9.17, 15) is 0 Å². The van der Waals surface area contributed by atoms with E-state index in [0.29, 0.717) is 5.41 Å². The molecule has 0 bridgehead atoms. The van der Waals surface area contributed by atoms with Crippen LogP contribution >= 0.6 is 0 Å². The fourth-order valence-corrected chi connectivity index (χ4v) is 2.41. The van der Waals surface area contributed by atoms with E-state index < -0.39 is 0 Å². The summed E-state index contributed by atoms with van der Waals surface area (Å²) in [6.07, 6.45) is 5.33. The molecule has 1 saturated heterocycles. The van der Waals surface area contributed by atoms with Crippen LogP contribution in [0, 0.1) is 11.3 Å². The van der Waals surface area contributed by atoms with E-state index in [2.05, 4.69) is 25.7 Å². The molecule has 1 rings (SSSR count). The van der Waals surface area contributed by atoms with Gasteiger partial charge in [-0.2, -0.15) is 0 Å². The van der Waals surface area contributed by atoms with Gasteiger partial charge in [-0.15, -0.1) is 0 Å². The van der Waals surface area contributed by atoms with Gasteiger partial charge >= 0.3 is 0 Å². The first-order chi connectivity index (χ1) is 7.13. The lowest BCUT2D eigenvalue weighted by Gasteiger charge is -2.38. The third-order valence-electron chi connectivity index (χ3n) is 4.24. The summed E-state index contributed by atoms with van der Waals surface area (Å²) in [5, 5.41) is 0. The van der Waals surface area contributed by atoms with Gasteiger partial charge in [-0.1, -0.05) is 27.2 Å². The van der Waals surface area contributed by atoms with Gasteiger partial charge in [0.05, 0.1) is 0 Å². The number of nitrogens with two attached hydrogens (primary N) is 1. The van der Waals surface area contributed by atoms with Gasteiger partial charge in [-0.05, 0) is 50.2 Å². The summed E-state index contributed by atoms with van der Waals surface area (Å²) >= 11 is 0. The first kappa shape index (κ1) is 13.0. The van der Waals surface area contributed by atoms with Crippen molar-refractivity contribution >= 4 is 0 Å². The topological polar surface area (TPSA) is 29.3 Å². The molecule has 1 aliphatic rings. The Hall–Kier alpha value is -0.0800. The first-order valence-corrected chi connectivity index (χ1v) is 6.56. The van der Waals surface area contributed by atoms with Gasteiger partial charge in [0.1, 0.15) is 0 Å². The molecule has 0 aliphatic carbocycles. The summed E-state index contributed by atoms with van der Waals surface area (Å²) in [5.74, 6) is 0.979. The van der Waals surface area contributed by atoms with Crippen LogP contribution in [0.3, 0.4) is 0 Å². The van der Waals surface area contributed by atoms with Gasteiger partial charge in [0.15, 0.2) is 0 Å². The Morgan fingerprint density at radius 1 is 1.27 bits per heavy atom. The van der Waals surface area contributed by atoms with E-state index >= 15 is 0 Å². The Kier molecular flexibility index (Phi) is 5.07. The second-order valence-electron chi connectivity index (χ2n) is 5.50. The minimum Gasteiger partial charge on any atom is -0.330 e. The molecule has 0 spiro atoms. The highest BCUT2D eigenvalue weighted by atomic mass is 15.1. The number of piperidine rings is 1. The highest BCUT2D eigenvalue weighted by molar-refractivity contribution is 4.81. The molecule has 0 radical (unpaired) electrons. The fraction of sp³-hybridized carbons (Fsp3) is 1.00. The standard InChI is InChI=1S/C13H28N2/c1-4-12-6-8-15(9-7-12)11-13(3,5-2)10-14/h12H,4-11,14H2,1-3H3. The fourth-order valence-electron chi connectivity index (χ4n) is 2.41. The molecule has 1 heterocycles. The maximum Gasteiger partial charge on any atom is 0.00473 e. The molecule has 2 nitrogen and oxygen atoms in total. The molecular formula is C13H28N2. The van der Waals surface area contributed by atoms with Crippen molar-refractivity contribution in [2.45, 2.75) is 46.5 Å². The Labute approximate surface area is 95.2 Å². The van der Waals surface area contributed by atoms with Crippen molar-refractivity contribution in [2.75, 3.05) is 26.2 Å². The zero-order valence-corrected chi connectivity index (χ0v) is 10.8. The highest BCUT2D eigenvalue weighted by Crippen LogP contribution is 2.25. The second-order valence-corrected chi connectivity index (χ2v) is 5.50. The number of likely N-dealkylation sites (tertiary alicyclic amines) is 1. The van der Waals surface area contributed by atoms with Gasteiger partial charge in [-0.3, -0.25) is 0 Å². The molecule has 1 atom stereocenters. The summed E-state index contributed by atoms with van der Waals surface area (Å²) in [4.78, 5) is 2.61. The molecule has 2 N–H and O–H groups in total. The second kappa shape index (κ2) is 5.86. The van der Waals surface area contributed by atoms with Crippen molar-refractivity contribution in [2.24, 2.45) is 17.1 Å². The molecule has 15 heavy (non-hydrogen) atoms. The first-order valence-electron chi connectivity index (χ1n) is 6.56. The van der Waals surface area contributed by atoms with Crippen LogP contribution in [0.15, 0.2) is 0 Å². The maximum absolute atomic E-state index is 5.86. The third kappa shape index (κ3) is 3.76. The molecule has 0 aromatic carbocycles. The van der Waals surface area contributed by atoms with E-state index in [0.717, 1.165) is 12.5 Å². The normalized spacial score (nSPS) is 24.0. The van der Waals surface area contributed by atoms with E-state index in [-0.39, 0.29) is 0 Å². The molecule has 0 aromatic rings. The summed E-state index contributed by atoms with van der Waals surface area (Å²) in [5.41, 5.74) is 6.19. The molecule has 2 heteroatoms. The quantitative estimate of drug-likeness (QED) is 0.758. The predicted octanol–water partition coefficient (Wildman–Crippen LogP) is 2.48. The average Bonchev–Trinajstić information content (AvgIpc) is 2.30. The van der Waals surface area contributed by atoms with Crippen LogP contribution in [-0.2, 0) is 0 Å². The molecular weight excluding hydrogens is 184 g/mol. The Bertz CT molecular complexity index is 167. The van der Waals surface area contributed by atoms with Crippen molar-refractivity contribution < 1.29 is 0 Å². The molecule has 1 aliphatic heterocycles. The van der Waals surface area contributed by atoms with E-state index in [1.54, 1.807) is 0 Å². The lowest BCUT2D eigenvalue weighted by Crippen LogP contribution is -2.43. The number of nitrogens with zero attached hydrogens (tertiary/aromatic N) is 1. The van der Waals surface area contributed by atoms with Crippen LogP contribution < -0.4 is 5.73 Å². The minimum absolute atomic E-state index is 0.332. The smallest absolute Gasteiger partial charge is 0.00473 e. The third-order valence-corrected chi connectivity index (χ3v) is 4.24. The van der Waals surface area contributed by atoms with Gasteiger partial charge in [-0.25, -0.2) is 0 Å². The van der Waals surface area contributed by atoms with Crippen LogP contribution in [-0.4, -0.2) is 31.1 Å². The number of rotatable bonds is 5. The van der Waals surface area contributed by atoms with E-state index in [1.807, 2.05) is 0 Å². The van der Waals surface area contributed by atoms with Crippen LogP contribution in [0.1, 0.15) is 46.5 Å². The predicted molar refractivity (Wildman–Crippen MR) is 66.9 cm³/mol. The summed E-state index contributed by atoms with van der Waals surface area (Å²) in [6, 6.07) is 0. The van der Waals surface area contributed by atoms with Crippen molar-refractivity contribution in [1.29, 1.82) is 0 Å². The van der Waals surface area contributed by atoms with Crippen molar-refractivity contribution in [1.82, 2.24) is 4.90 Å².